The number of hydrogen-bond donors (Lipinski definition) is 1. The summed E-state index contributed by atoms with van der Waals surface area (Å²) in [4.78, 5) is 11.0. The molecule has 0 amide bonds. The summed E-state index contributed by atoms with van der Waals surface area (Å²) in [5, 5.41) is 3.35. The van der Waals surface area contributed by atoms with Gasteiger partial charge in [-0.2, -0.15) is 0 Å². The quantitative estimate of drug-likeness (QED) is 0.715. The SMILES string of the molecule is COC(=O)CC(C)NCC(C)C(C)(C)C. The Bertz CT molecular complexity index is 196. The topological polar surface area (TPSA) is 38.3 Å². The van der Waals surface area contributed by atoms with Crippen LogP contribution in [0.4, 0.5) is 0 Å². The van der Waals surface area contributed by atoms with Gasteiger partial charge in [-0.1, -0.05) is 27.7 Å². The van der Waals surface area contributed by atoms with Gasteiger partial charge in [0, 0.05) is 6.04 Å². The molecule has 2 atom stereocenters. The second kappa shape index (κ2) is 6.11. The van der Waals surface area contributed by atoms with Gasteiger partial charge in [0.15, 0.2) is 0 Å². The minimum Gasteiger partial charge on any atom is -0.469 e. The smallest absolute Gasteiger partial charge is 0.307 e. The Morgan fingerprint density at radius 3 is 2.27 bits per heavy atom. The minimum atomic E-state index is -0.154. The normalized spacial score (nSPS) is 15.9. The van der Waals surface area contributed by atoms with E-state index in [9.17, 15) is 4.79 Å². The Kier molecular flexibility index (Phi) is 5.88. The van der Waals surface area contributed by atoms with Gasteiger partial charge in [0.25, 0.3) is 0 Å². The lowest BCUT2D eigenvalue weighted by Gasteiger charge is -2.28. The van der Waals surface area contributed by atoms with E-state index >= 15 is 0 Å². The molecule has 0 heterocycles. The second-order valence-electron chi connectivity index (χ2n) is 5.36. The summed E-state index contributed by atoms with van der Waals surface area (Å²) in [6, 6.07) is 0.183. The number of rotatable bonds is 5. The molecule has 0 aliphatic carbocycles. The first kappa shape index (κ1) is 14.4. The van der Waals surface area contributed by atoms with Gasteiger partial charge in [0.1, 0.15) is 0 Å². The van der Waals surface area contributed by atoms with Crippen molar-refractivity contribution in [1.82, 2.24) is 5.32 Å². The van der Waals surface area contributed by atoms with Crippen molar-refractivity contribution in [3.63, 3.8) is 0 Å². The molecule has 0 aromatic heterocycles. The number of esters is 1. The fraction of sp³-hybridized carbons (Fsp3) is 0.917. The molecule has 15 heavy (non-hydrogen) atoms. The maximum atomic E-state index is 11.0. The molecule has 1 N–H and O–H groups in total. The first-order chi connectivity index (χ1) is 6.77. The van der Waals surface area contributed by atoms with Crippen LogP contribution in [0.25, 0.3) is 0 Å². The van der Waals surface area contributed by atoms with Gasteiger partial charge in [-0.3, -0.25) is 4.79 Å². The molecule has 90 valence electrons. The molecule has 0 saturated carbocycles. The third-order valence-electron chi connectivity index (χ3n) is 2.95. The summed E-state index contributed by atoms with van der Waals surface area (Å²) < 4.78 is 4.62. The van der Waals surface area contributed by atoms with Crippen LogP contribution in [0.15, 0.2) is 0 Å². The summed E-state index contributed by atoms with van der Waals surface area (Å²) in [6.45, 7) is 11.8. The number of hydrogen-bond acceptors (Lipinski definition) is 3. The highest BCUT2D eigenvalue weighted by Gasteiger charge is 2.20. The van der Waals surface area contributed by atoms with Gasteiger partial charge >= 0.3 is 5.97 Å². The number of carbonyl (C=O) groups excluding carboxylic acids is 1. The summed E-state index contributed by atoms with van der Waals surface area (Å²) in [5.41, 5.74) is 0.304. The molecule has 3 nitrogen and oxygen atoms in total. The molecule has 0 bridgehead atoms. The zero-order valence-corrected chi connectivity index (χ0v) is 10.9. The highest BCUT2D eigenvalue weighted by Crippen LogP contribution is 2.24. The van der Waals surface area contributed by atoms with E-state index < -0.39 is 0 Å². The molecule has 2 unspecified atom stereocenters. The van der Waals surface area contributed by atoms with Crippen LogP contribution in [0.3, 0.4) is 0 Å². The van der Waals surface area contributed by atoms with Crippen molar-refractivity contribution in [1.29, 1.82) is 0 Å². The molecular weight excluding hydrogens is 190 g/mol. The molecule has 0 rings (SSSR count). The van der Waals surface area contributed by atoms with Crippen molar-refractivity contribution >= 4 is 5.97 Å². The van der Waals surface area contributed by atoms with Crippen molar-refractivity contribution in [2.24, 2.45) is 11.3 Å². The molecule has 0 aliphatic heterocycles. The monoisotopic (exact) mass is 215 g/mol. The third-order valence-corrected chi connectivity index (χ3v) is 2.95. The Balaban J connectivity index is 3.81. The van der Waals surface area contributed by atoms with E-state index in [0.29, 0.717) is 17.8 Å². The lowest BCUT2D eigenvalue weighted by molar-refractivity contribution is -0.141. The lowest BCUT2D eigenvalue weighted by Crippen LogP contribution is -2.36. The van der Waals surface area contributed by atoms with Crippen LogP contribution >= 0.6 is 0 Å². The van der Waals surface area contributed by atoms with Crippen LogP contribution in [-0.4, -0.2) is 25.7 Å². The van der Waals surface area contributed by atoms with E-state index in [0.717, 1.165) is 6.54 Å². The molecular formula is C12H25NO2. The average molecular weight is 215 g/mol. The molecule has 0 fully saturated rings. The zero-order chi connectivity index (χ0) is 12.1. The molecule has 0 aromatic rings. The second-order valence-corrected chi connectivity index (χ2v) is 5.36. The van der Waals surface area contributed by atoms with Crippen molar-refractivity contribution in [2.75, 3.05) is 13.7 Å². The van der Waals surface area contributed by atoms with Crippen molar-refractivity contribution in [3.8, 4) is 0 Å². The number of carbonyl (C=O) groups is 1. The maximum absolute atomic E-state index is 11.0. The van der Waals surface area contributed by atoms with Crippen LogP contribution in [0.5, 0.6) is 0 Å². The zero-order valence-electron chi connectivity index (χ0n) is 10.9. The highest BCUT2D eigenvalue weighted by molar-refractivity contribution is 5.69. The first-order valence-electron chi connectivity index (χ1n) is 5.57. The molecule has 0 aromatic carbocycles. The standard InChI is InChI=1S/C12H25NO2/c1-9(12(3,4)5)8-13-10(2)7-11(14)15-6/h9-10,13H,7-8H2,1-6H3. The van der Waals surface area contributed by atoms with Gasteiger partial charge in [0.05, 0.1) is 13.5 Å². The van der Waals surface area contributed by atoms with Crippen LogP contribution in [0.1, 0.15) is 41.0 Å². The maximum Gasteiger partial charge on any atom is 0.307 e. The van der Waals surface area contributed by atoms with Gasteiger partial charge in [-0.15, -0.1) is 0 Å². The number of methoxy groups -OCH3 is 1. The fourth-order valence-electron chi connectivity index (χ4n) is 1.09. The van der Waals surface area contributed by atoms with E-state index in [1.165, 1.54) is 7.11 Å². The van der Waals surface area contributed by atoms with E-state index in [2.05, 4.69) is 37.7 Å². The van der Waals surface area contributed by atoms with E-state index in [1.54, 1.807) is 0 Å². The Morgan fingerprint density at radius 2 is 1.87 bits per heavy atom. The average Bonchev–Trinajstić information content (AvgIpc) is 2.12. The predicted molar refractivity (Wildman–Crippen MR) is 62.7 cm³/mol. The minimum absolute atomic E-state index is 0.154. The fourth-order valence-corrected chi connectivity index (χ4v) is 1.09. The Labute approximate surface area is 93.6 Å². The molecule has 0 saturated heterocycles. The molecule has 3 heteroatoms. The third kappa shape index (κ3) is 6.50. The Morgan fingerprint density at radius 1 is 1.33 bits per heavy atom. The summed E-state index contributed by atoms with van der Waals surface area (Å²) in [5.74, 6) is 0.427. The predicted octanol–water partition coefficient (Wildman–Crippen LogP) is 2.21. The van der Waals surface area contributed by atoms with Crippen LogP contribution in [0.2, 0.25) is 0 Å². The van der Waals surface area contributed by atoms with Crippen molar-refractivity contribution in [3.05, 3.63) is 0 Å². The van der Waals surface area contributed by atoms with Crippen molar-refractivity contribution in [2.45, 2.75) is 47.1 Å². The largest absolute Gasteiger partial charge is 0.469 e. The van der Waals surface area contributed by atoms with Crippen LogP contribution in [-0.2, 0) is 9.53 Å². The van der Waals surface area contributed by atoms with Crippen LogP contribution < -0.4 is 5.32 Å². The van der Waals surface area contributed by atoms with E-state index in [-0.39, 0.29) is 12.0 Å². The van der Waals surface area contributed by atoms with Gasteiger partial charge in [-0.05, 0) is 24.8 Å². The molecule has 0 radical (unpaired) electrons. The van der Waals surface area contributed by atoms with Gasteiger partial charge in [0.2, 0.25) is 0 Å². The van der Waals surface area contributed by atoms with E-state index in [1.807, 2.05) is 6.92 Å². The van der Waals surface area contributed by atoms with E-state index in [4.69, 9.17) is 0 Å². The molecule has 0 aliphatic rings. The lowest BCUT2D eigenvalue weighted by atomic mass is 9.82. The number of ether oxygens (including phenoxy) is 1. The highest BCUT2D eigenvalue weighted by atomic mass is 16.5. The summed E-state index contributed by atoms with van der Waals surface area (Å²) in [6.07, 6.45) is 0.438. The summed E-state index contributed by atoms with van der Waals surface area (Å²) >= 11 is 0. The van der Waals surface area contributed by atoms with Gasteiger partial charge < -0.3 is 10.1 Å². The van der Waals surface area contributed by atoms with Crippen LogP contribution in [0, 0.1) is 11.3 Å². The summed E-state index contributed by atoms with van der Waals surface area (Å²) in [7, 11) is 1.42. The van der Waals surface area contributed by atoms with Crippen molar-refractivity contribution < 1.29 is 9.53 Å². The molecule has 0 spiro atoms. The number of nitrogens with one attached hydrogen (secondary N) is 1. The first-order valence-corrected chi connectivity index (χ1v) is 5.57. The van der Waals surface area contributed by atoms with Gasteiger partial charge in [-0.25, -0.2) is 0 Å². The Hall–Kier alpha value is -0.570.